The van der Waals surface area contributed by atoms with Crippen LogP contribution in [0.15, 0.2) is 0 Å². The predicted molar refractivity (Wildman–Crippen MR) is 74.4 cm³/mol. The maximum atomic E-state index is 12.2. The summed E-state index contributed by atoms with van der Waals surface area (Å²) in [6.45, 7) is 2.21. The van der Waals surface area contributed by atoms with Gasteiger partial charge in [-0.15, -0.1) is 0 Å². The maximum absolute atomic E-state index is 12.2. The molecule has 102 valence electrons. The minimum absolute atomic E-state index is 0.470. The highest BCUT2D eigenvalue weighted by atomic mass is 16.1. The van der Waals surface area contributed by atoms with Gasteiger partial charge in [-0.05, 0) is 68.1 Å². The molecule has 18 heavy (non-hydrogen) atoms. The van der Waals surface area contributed by atoms with E-state index in [0.29, 0.717) is 11.2 Å². The molecular weight excluding hydrogens is 220 g/mol. The molecule has 4 aliphatic carbocycles. The number of ketones is 1. The number of unbranched alkanes of at least 4 members (excludes halogenated alkanes) is 2. The second-order valence-electron chi connectivity index (χ2n) is 7.59. The number of Topliss-reactive ketones (excluding diaryl/α,β-unsaturated/α-hetero) is 1. The molecule has 0 spiro atoms. The molecule has 4 aliphatic rings. The van der Waals surface area contributed by atoms with Gasteiger partial charge in [-0.1, -0.05) is 19.8 Å². The van der Waals surface area contributed by atoms with Crippen LogP contribution in [0.5, 0.6) is 0 Å². The van der Waals surface area contributed by atoms with Crippen LogP contribution in [0.3, 0.4) is 0 Å². The fourth-order valence-corrected chi connectivity index (χ4v) is 5.59. The molecule has 4 fully saturated rings. The lowest BCUT2D eigenvalue weighted by Gasteiger charge is -2.56. The molecule has 0 N–H and O–H groups in total. The molecule has 4 saturated carbocycles. The van der Waals surface area contributed by atoms with Gasteiger partial charge in [0.2, 0.25) is 0 Å². The average molecular weight is 248 g/mol. The Morgan fingerprint density at radius 2 is 1.56 bits per heavy atom. The molecule has 0 amide bonds. The third-order valence-corrected chi connectivity index (χ3v) is 5.80. The van der Waals surface area contributed by atoms with Gasteiger partial charge < -0.3 is 0 Å². The summed E-state index contributed by atoms with van der Waals surface area (Å²) in [7, 11) is 0. The normalized spacial score (nSPS) is 41.3. The molecule has 4 bridgehead atoms. The highest BCUT2D eigenvalue weighted by molar-refractivity contribution is 5.79. The Morgan fingerprint density at radius 3 is 2.06 bits per heavy atom. The fourth-order valence-electron chi connectivity index (χ4n) is 5.59. The summed E-state index contributed by atoms with van der Waals surface area (Å²) in [4.78, 5) is 12.2. The van der Waals surface area contributed by atoms with E-state index >= 15 is 0 Å². The molecule has 1 heteroatoms. The Bertz CT molecular complexity index is 282. The van der Waals surface area contributed by atoms with E-state index in [1.54, 1.807) is 0 Å². The Balaban J connectivity index is 1.57. The first kappa shape index (κ1) is 12.7. The van der Waals surface area contributed by atoms with Crippen LogP contribution in [-0.2, 0) is 4.79 Å². The lowest BCUT2D eigenvalue weighted by molar-refractivity contribution is -0.127. The van der Waals surface area contributed by atoms with E-state index in [0.717, 1.165) is 37.0 Å². The summed E-state index contributed by atoms with van der Waals surface area (Å²) >= 11 is 0. The van der Waals surface area contributed by atoms with Crippen LogP contribution in [0, 0.1) is 23.2 Å². The highest BCUT2D eigenvalue weighted by Gasteiger charge is 2.51. The Labute approximate surface area is 112 Å². The van der Waals surface area contributed by atoms with E-state index in [4.69, 9.17) is 0 Å². The van der Waals surface area contributed by atoms with Crippen LogP contribution in [0.4, 0.5) is 0 Å². The quantitative estimate of drug-likeness (QED) is 0.620. The molecule has 0 atom stereocenters. The monoisotopic (exact) mass is 248 g/mol. The zero-order valence-corrected chi connectivity index (χ0v) is 11.9. The second kappa shape index (κ2) is 4.98. The Hall–Kier alpha value is -0.330. The molecule has 1 nitrogen and oxygen atoms in total. The van der Waals surface area contributed by atoms with Crippen molar-refractivity contribution >= 4 is 5.78 Å². The number of hydrogen-bond acceptors (Lipinski definition) is 1. The molecule has 0 unspecified atom stereocenters. The molecule has 0 aromatic carbocycles. The number of hydrogen-bond donors (Lipinski definition) is 0. The predicted octanol–water partition coefficient (Wildman–Crippen LogP) is 4.74. The third-order valence-electron chi connectivity index (χ3n) is 5.80. The lowest BCUT2D eigenvalue weighted by atomic mass is 9.48. The third kappa shape index (κ3) is 2.51. The molecule has 0 heterocycles. The van der Waals surface area contributed by atoms with Crippen molar-refractivity contribution < 1.29 is 4.79 Å². The number of carbonyl (C=O) groups excluding carboxylic acids is 1. The number of rotatable bonds is 6. The van der Waals surface area contributed by atoms with Crippen molar-refractivity contribution in [3.8, 4) is 0 Å². The summed E-state index contributed by atoms with van der Waals surface area (Å²) in [5.41, 5.74) is 0.470. The van der Waals surface area contributed by atoms with Crippen molar-refractivity contribution in [2.75, 3.05) is 0 Å². The van der Waals surface area contributed by atoms with Gasteiger partial charge in [0.05, 0.1) is 0 Å². The fraction of sp³-hybridized carbons (Fsp3) is 0.941. The van der Waals surface area contributed by atoms with Crippen LogP contribution in [0.2, 0.25) is 0 Å². The van der Waals surface area contributed by atoms with Crippen molar-refractivity contribution in [3.05, 3.63) is 0 Å². The second-order valence-corrected chi connectivity index (χ2v) is 7.59. The summed E-state index contributed by atoms with van der Waals surface area (Å²) < 4.78 is 0. The summed E-state index contributed by atoms with van der Waals surface area (Å²) in [5, 5.41) is 0. The van der Waals surface area contributed by atoms with Crippen molar-refractivity contribution in [2.24, 2.45) is 23.2 Å². The van der Waals surface area contributed by atoms with Gasteiger partial charge in [0.25, 0.3) is 0 Å². The Kier molecular flexibility index (Phi) is 3.51. The van der Waals surface area contributed by atoms with Crippen LogP contribution in [0.1, 0.15) is 77.6 Å². The van der Waals surface area contributed by atoms with E-state index in [1.165, 1.54) is 51.4 Å². The van der Waals surface area contributed by atoms with Crippen LogP contribution in [-0.4, -0.2) is 5.78 Å². The highest BCUT2D eigenvalue weighted by Crippen LogP contribution is 2.61. The molecule has 4 rings (SSSR count). The van der Waals surface area contributed by atoms with Gasteiger partial charge in [0, 0.05) is 12.8 Å². The van der Waals surface area contributed by atoms with Crippen LogP contribution in [0.25, 0.3) is 0 Å². The molecule has 0 aliphatic heterocycles. The summed E-state index contributed by atoms with van der Waals surface area (Å²) in [5.74, 6) is 3.53. The van der Waals surface area contributed by atoms with E-state index in [-0.39, 0.29) is 0 Å². The van der Waals surface area contributed by atoms with E-state index in [9.17, 15) is 4.79 Å². The van der Waals surface area contributed by atoms with Gasteiger partial charge in [-0.25, -0.2) is 0 Å². The first-order valence-corrected chi connectivity index (χ1v) is 8.21. The maximum Gasteiger partial charge on any atom is 0.133 e. The molecular formula is C17H28O. The first-order chi connectivity index (χ1) is 8.69. The van der Waals surface area contributed by atoms with Gasteiger partial charge in [-0.3, -0.25) is 4.79 Å². The number of carbonyl (C=O) groups is 1. The topological polar surface area (TPSA) is 17.1 Å². The molecule has 0 aromatic rings. The van der Waals surface area contributed by atoms with Gasteiger partial charge in [0.15, 0.2) is 0 Å². The first-order valence-electron chi connectivity index (χ1n) is 8.21. The largest absolute Gasteiger partial charge is 0.300 e. The van der Waals surface area contributed by atoms with Crippen molar-refractivity contribution in [1.82, 2.24) is 0 Å². The minimum atomic E-state index is 0.470. The average Bonchev–Trinajstić information content (AvgIpc) is 2.26. The lowest BCUT2D eigenvalue weighted by Crippen LogP contribution is -2.46. The van der Waals surface area contributed by atoms with Crippen molar-refractivity contribution in [3.63, 3.8) is 0 Å². The van der Waals surface area contributed by atoms with Crippen molar-refractivity contribution in [1.29, 1.82) is 0 Å². The zero-order valence-electron chi connectivity index (χ0n) is 11.9. The van der Waals surface area contributed by atoms with E-state index in [1.807, 2.05) is 0 Å². The summed E-state index contributed by atoms with van der Waals surface area (Å²) in [6, 6.07) is 0. The van der Waals surface area contributed by atoms with E-state index in [2.05, 4.69) is 6.92 Å². The SMILES string of the molecule is CCCCCC(=O)CC12CC3CC(CC(C3)C1)C2. The standard InChI is InChI=1S/C17H28O/c1-2-3-4-5-16(18)12-17-9-13-6-14(10-17)8-15(7-13)11-17/h13-15H,2-12H2,1H3. The van der Waals surface area contributed by atoms with Crippen molar-refractivity contribution in [2.45, 2.75) is 77.6 Å². The Morgan fingerprint density at radius 1 is 1.00 bits per heavy atom. The molecule has 0 saturated heterocycles. The van der Waals surface area contributed by atoms with Crippen LogP contribution >= 0.6 is 0 Å². The van der Waals surface area contributed by atoms with Gasteiger partial charge in [0.1, 0.15) is 5.78 Å². The zero-order chi connectivity index (χ0) is 12.6. The van der Waals surface area contributed by atoms with Gasteiger partial charge >= 0.3 is 0 Å². The molecule has 0 radical (unpaired) electrons. The van der Waals surface area contributed by atoms with E-state index < -0.39 is 0 Å². The van der Waals surface area contributed by atoms with Crippen LogP contribution < -0.4 is 0 Å². The minimum Gasteiger partial charge on any atom is -0.300 e. The summed E-state index contributed by atoms with van der Waals surface area (Å²) in [6.07, 6.45) is 14.0. The van der Waals surface area contributed by atoms with Gasteiger partial charge in [-0.2, -0.15) is 0 Å². The smallest absolute Gasteiger partial charge is 0.133 e. The molecule has 0 aromatic heterocycles.